The summed E-state index contributed by atoms with van der Waals surface area (Å²) in [5, 5.41) is 13.6. The zero-order valence-corrected chi connectivity index (χ0v) is 9.34. The van der Waals surface area contributed by atoms with Gasteiger partial charge in [0, 0.05) is 18.8 Å². The van der Waals surface area contributed by atoms with Crippen LogP contribution in [0.3, 0.4) is 0 Å². The van der Waals surface area contributed by atoms with Crippen LogP contribution in [0.5, 0.6) is 0 Å². The largest absolute Gasteiger partial charge is 0.334 e. The van der Waals surface area contributed by atoms with Crippen molar-refractivity contribution in [2.75, 3.05) is 13.6 Å². The lowest BCUT2D eigenvalue weighted by Gasteiger charge is -2.12. The fraction of sp³-hybridized carbons (Fsp3) is 0.500. The van der Waals surface area contributed by atoms with E-state index in [2.05, 4.69) is 5.32 Å². The van der Waals surface area contributed by atoms with Crippen LogP contribution in [0.2, 0.25) is 0 Å². The second-order valence-corrected chi connectivity index (χ2v) is 3.77. The average Bonchev–Trinajstić information content (AvgIpc) is 2.21. The van der Waals surface area contributed by atoms with E-state index in [0.717, 1.165) is 6.54 Å². The Labute approximate surface area is 93.1 Å². The second-order valence-electron chi connectivity index (χ2n) is 3.77. The average molecular weight is 225 g/mol. The highest BCUT2D eigenvalue weighted by Gasteiger charge is 2.14. The second kappa shape index (κ2) is 5.41. The number of hydrogen-bond donors (Lipinski definition) is 1. The van der Waals surface area contributed by atoms with E-state index in [-0.39, 0.29) is 11.6 Å². The molecule has 16 heavy (non-hydrogen) atoms. The standard InChI is InChI=1S/C10H15N3O3/c1-8(6-11-2)7-12-5-3-4-9(10(12)14)13(15)16/h3-5,8,11H,6-7H2,1-2H3. The molecule has 0 aliphatic carbocycles. The van der Waals surface area contributed by atoms with Crippen molar-refractivity contribution < 1.29 is 4.92 Å². The van der Waals surface area contributed by atoms with Crippen molar-refractivity contribution in [3.63, 3.8) is 0 Å². The minimum atomic E-state index is -0.651. The number of rotatable bonds is 5. The van der Waals surface area contributed by atoms with Crippen molar-refractivity contribution in [1.82, 2.24) is 9.88 Å². The van der Waals surface area contributed by atoms with E-state index in [1.807, 2.05) is 14.0 Å². The molecule has 0 fully saturated rings. The van der Waals surface area contributed by atoms with E-state index in [4.69, 9.17) is 0 Å². The lowest BCUT2D eigenvalue weighted by molar-refractivity contribution is -0.386. The van der Waals surface area contributed by atoms with Gasteiger partial charge in [0.15, 0.2) is 0 Å². The van der Waals surface area contributed by atoms with Gasteiger partial charge in [-0.05, 0) is 25.6 Å². The topological polar surface area (TPSA) is 77.2 Å². The van der Waals surface area contributed by atoms with Gasteiger partial charge in [0.2, 0.25) is 0 Å². The van der Waals surface area contributed by atoms with Crippen molar-refractivity contribution in [3.05, 3.63) is 38.8 Å². The Kier molecular flexibility index (Phi) is 4.19. The van der Waals surface area contributed by atoms with E-state index < -0.39 is 10.5 Å². The van der Waals surface area contributed by atoms with Crippen LogP contribution < -0.4 is 10.9 Å². The highest BCUT2D eigenvalue weighted by molar-refractivity contribution is 5.25. The Morgan fingerprint density at radius 2 is 2.31 bits per heavy atom. The fourth-order valence-corrected chi connectivity index (χ4v) is 1.56. The summed E-state index contributed by atoms with van der Waals surface area (Å²) in [5.41, 5.74) is -0.922. The molecule has 0 amide bonds. The zero-order valence-electron chi connectivity index (χ0n) is 9.34. The minimum Gasteiger partial charge on any atom is -0.319 e. The molecule has 0 aromatic carbocycles. The van der Waals surface area contributed by atoms with Gasteiger partial charge < -0.3 is 9.88 Å². The van der Waals surface area contributed by atoms with E-state index >= 15 is 0 Å². The SMILES string of the molecule is CNCC(C)Cn1cccc([N+](=O)[O-])c1=O. The molecule has 1 rings (SSSR count). The molecule has 0 radical (unpaired) electrons. The summed E-state index contributed by atoms with van der Waals surface area (Å²) >= 11 is 0. The Balaban J connectivity index is 2.94. The summed E-state index contributed by atoms with van der Waals surface area (Å²) in [7, 11) is 1.83. The third-order valence-corrected chi connectivity index (χ3v) is 2.26. The first kappa shape index (κ1) is 12.4. The maximum absolute atomic E-state index is 11.7. The molecule has 1 aromatic heterocycles. The van der Waals surface area contributed by atoms with Crippen LogP contribution in [-0.4, -0.2) is 23.1 Å². The van der Waals surface area contributed by atoms with Crippen LogP contribution in [-0.2, 0) is 6.54 Å². The molecular weight excluding hydrogens is 210 g/mol. The van der Waals surface area contributed by atoms with Crippen LogP contribution in [0.4, 0.5) is 5.69 Å². The predicted molar refractivity (Wildman–Crippen MR) is 60.4 cm³/mol. The fourth-order valence-electron chi connectivity index (χ4n) is 1.56. The van der Waals surface area contributed by atoms with Gasteiger partial charge in [-0.3, -0.25) is 14.9 Å². The molecular formula is C10H15N3O3. The molecule has 88 valence electrons. The molecule has 1 aromatic rings. The van der Waals surface area contributed by atoms with E-state index in [9.17, 15) is 14.9 Å². The van der Waals surface area contributed by atoms with E-state index in [0.29, 0.717) is 6.54 Å². The summed E-state index contributed by atoms with van der Waals surface area (Å²) in [6, 6.07) is 2.74. The summed E-state index contributed by atoms with van der Waals surface area (Å²) in [6.07, 6.45) is 1.57. The van der Waals surface area contributed by atoms with Crippen molar-refractivity contribution in [2.45, 2.75) is 13.5 Å². The summed E-state index contributed by atoms with van der Waals surface area (Å²) in [4.78, 5) is 21.6. The van der Waals surface area contributed by atoms with Gasteiger partial charge >= 0.3 is 11.2 Å². The summed E-state index contributed by atoms with van der Waals surface area (Å²) < 4.78 is 1.38. The number of hydrogen-bond acceptors (Lipinski definition) is 4. The molecule has 1 N–H and O–H groups in total. The smallest absolute Gasteiger partial charge is 0.319 e. The van der Waals surface area contributed by atoms with Crippen LogP contribution in [0.25, 0.3) is 0 Å². The van der Waals surface area contributed by atoms with Crippen molar-refractivity contribution in [3.8, 4) is 0 Å². The normalized spacial score (nSPS) is 12.4. The van der Waals surface area contributed by atoms with Crippen LogP contribution in [0, 0.1) is 16.0 Å². The van der Waals surface area contributed by atoms with Crippen molar-refractivity contribution in [1.29, 1.82) is 0 Å². The van der Waals surface area contributed by atoms with Gasteiger partial charge in [-0.1, -0.05) is 6.92 Å². The molecule has 6 nitrogen and oxygen atoms in total. The molecule has 0 aliphatic rings. The van der Waals surface area contributed by atoms with Crippen molar-refractivity contribution >= 4 is 5.69 Å². The molecule has 6 heteroatoms. The number of nitrogens with one attached hydrogen (secondary N) is 1. The van der Waals surface area contributed by atoms with E-state index in [1.54, 1.807) is 6.20 Å². The molecule has 0 aliphatic heterocycles. The zero-order chi connectivity index (χ0) is 12.1. The molecule has 0 spiro atoms. The molecule has 1 heterocycles. The number of aromatic nitrogens is 1. The Bertz CT molecular complexity index is 428. The van der Waals surface area contributed by atoms with Gasteiger partial charge in [0.25, 0.3) is 0 Å². The predicted octanol–water partition coefficient (Wildman–Crippen LogP) is 0.612. The monoisotopic (exact) mass is 225 g/mol. The van der Waals surface area contributed by atoms with Gasteiger partial charge in [-0.15, -0.1) is 0 Å². The van der Waals surface area contributed by atoms with Crippen LogP contribution in [0.1, 0.15) is 6.92 Å². The molecule has 1 atom stereocenters. The molecule has 1 unspecified atom stereocenters. The number of nitrogens with zero attached hydrogens (tertiary/aromatic N) is 2. The molecule has 0 saturated heterocycles. The van der Waals surface area contributed by atoms with Crippen LogP contribution >= 0.6 is 0 Å². The van der Waals surface area contributed by atoms with Crippen LogP contribution in [0.15, 0.2) is 23.1 Å². The third-order valence-electron chi connectivity index (χ3n) is 2.26. The van der Waals surface area contributed by atoms with Gasteiger partial charge in [-0.2, -0.15) is 0 Å². The Morgan fingerprint density at radius 1 is 1.62 bits per heavy atom. The Morgan fingerprint density at radius 3 is 2.88 bits per heavy atom. The van der Waals surface area contributed by atoms with Gasteiger partial charge in [-0.25, -0.2) is 0 Å². The maximum Gasteiger partial charge on any atom is 0.334 e. The third kappa shape index (κ3) is 2.90. The lowest BCUT2D eigenvalue weighted by atomic mass is 10.2. The Hall–Kier alpha value is -1.69. The quantitative estimate of drug-likeness (QED) is 0.588. The van der Waals surface area contributed by atoms with E-state index in [1.165, 1.54) is 16.7 Å². The van der Waals surface area contributed by atoms with Gasteiger partial charge in [0.1, 0.15) is 0 Å². The highest BCUT2D eigenvalue weighted by atomic mass is 16.6. The number of pyridine rings is 1. The highest BCUT2D eigenvalue weighted by Crippen LogP contribution is 2.03. The molecule has 0 saturated carbocycles. The van der Waals surface area contributed by atoms with Crippen molar-refractivity contribution in [2.24, 2.45) is 5.92 Å². The summed E-state index contributed by atoms with van der Waals surface area (Å²) in [6.45, 7) is 3.21. The first-order chi connectivity index (χ1) is 7.56. The minimum absolute atomic E-state index is 0.240. The number of nitro groups is 1. The molecule has 0 bridgehead atoms. The van der Waals surface area contributed by atoms with Gasteiger partial charge in [0.05, 0.1) is 4.92 Å². The lowest BCUT2D eigenvalue weighted by Crippen LogP contribution is -2.28. The first-order valence-corrected chi connectivity index (χ1v) is 5.04. The first-order valence-electron chi connectivity index (χ1n) is 5.04. The maximum atomic E-state index is 11.7. The summed E-state index contributed by atoms with van der Waals surface area (Å²) in [5.74, 6) is 0.240.